The van der Waals surface area contributed by atoms with Crippen LogP contribution in [-0.4, -0.2) is 42.5 Å². The molecule has 1 saturated heterocycles. The number of benzene rings is 1. The molecule has 1 fully saturated rings. The number of rotatable bonds is 6. The predicted octanol–water partition coefficient (Wildman–Crippen LogP) is 2.34. The zero-order chi connectivity index (χ0) is 16.8. The Morgan fingerprint density at radius 3 is 3.08 bits per heavy atom. The number of amides is 1. The number of hydrogen-bond donors (Lipinski definition) is 1. The van der Waals surface area contributed by atoms with E-state index in [1.54, 1.807) is 12.4 Å². The lowest BCUT2D eigenvalue weighted by molar-refractivity contribution is 0.0786. The molecule has 1 atom stereocenters. The Balaban J connectivity index is 1.61. The Bertz CT molecular complexity index is 675. The average molecular weight is 325 g/mol. The molecule has 1 aliphatic heterocycles. The zero-order valence-corrected chi connectivity index (χ0v) is 13.9. The fraction of sp³-hybridized carbons (Fsp3) is 0.368. The summed E-state index contributed by atoms with van der Waals surface area (Å²) in [5, 5.41) is 3.19. The van der Waals surface area contributed by atoms with Gasteiger partial charge in [-0.2, -0.15) is 0 Å². The molecule has 5 heteroatoms. The third kappa shape index (κ3) is 4.11. The van der Waals surface area contributed by atoms with Crippen LogP contribution in [-0.2, 0) is 6.61 Å². The van der Waals surface area contributed by atoms with Gasteiger partial charge >= 0.3 is 0 Å². The second kappa shape index (κ2) is 7.93. The quantitative estimate of drug-likeness (QED) is 0.886. The number of nitrogens with zero attached hydrogens (tertiary/aromatic N) is 2. The summed E-state index contributed by atoms with van der Waals surface area (Å²) in [6.07, 6.45) is 4.57. The monoisotopic (exact) mass is 325 g/mol. The van der Waals surface area contributed by atoms with E-state index in [4.69, 9.17) is 4.74 Å². The van der Waals surface area contributed by atoms with E-state index >= 15 is 0 Å². The Hall–Kier alpha value is -2.40. The summed E-state index contributed by atoms with van der Waals surface area (Å²) in [5.41, 5.74) is 1.69. The molecule has 24 heavy (non-hydrogen) atoms. The van der Waals surface area contributed by atoms with Gasteiger partial charge < -0.3 is 15.0 Å². The van der Waals surface area contributed by atoms with Crippen molar-refractivity contribution in [2.45, 2.75) is 13.0 Å². The minimum Gasteiger partial charge on any atom is -0.489 e. The number of carbonyl (C=O) groups excluding carboxylic acids is 1. The molecule has 2 aromatic rings. The number of pyridine rings is 1. The maximum atomic E-state index is 12.7. The highest BCUT2D eigenvalue weighted by atomic mass is 16.5. The van der Waals surface area contributed by atoms with Crippen molar-refractivity contribution < 1.29 is 9.53 Å². The SMILES string of the molecule is CNCC1CCN(C(=O)c2cccc(OCc3cccnc3)c2)C1. The standard InChI is InChI=1S/C19H23N3O2/c1-20-11-15-7-9-22(13-15)19(23)17-5-2-6-18(10-17)24-14-16-4-3-8-21-12-16/h2-6,8,10,12,15,20H,7,9,11,13-14H2,1H3. The van der Waals surface area contributed by atoms with E-state index in [0.717, 1.165) is 31.6 Å². The molecule has 3 rings (SSSR count). The molecule has 126 valence electrons. The van der Waals surface area contributed by atoms with E-state index in [9.17, 15) is 4.79 Å². The van der Waals surface area contributed by atoms with Gasteiger partial charge in [-0.3, -0.25) is 9.78 Å². The van der Waals surface area contributed by atoms with Crippen molar-refractivity contribution in [1.29, 1.82) is 0 Å². The number of hydrogen-bond acceptors (Lipinski definition) is 4. The van der Waals surface area contributed by atoms with Crippen molar-refractivity contribution in [3.63, 3.8) is 0 Å². The first-order chi connectivity index (χ1) is 11.8. The molecule has 1 N–H and O–H groups in total. The van der Waals surface area contributed by atoms with Crippen molar-refractivity contribution in [2.24, 2.45) is 5.92 Å². The van der Waals surface area contributed by atoms with Gasteiger partial charge in [0.25, 0.3) is 5.91 Å². The number of nitrogens with one attached hydrogen (secondary N) is 1. The summed E-state index contributed by atoms with van der Waals surface area (Å²) in [4.78, 5) is 18.7. The minimum atomic E-state index is 0.0837. The van der Waals surface area contributed by atoms with Gasteiger partial charge in [-0.05, 0) is 50.2 Å². The van der Waals surface area contributed by atoms with Gasteiger partial charge in [-0.25, -0.2) is 0 Å². The molecule has 5 nitrogen and oxygen atoms in total. The second-order valence-electron chi connectivity index (χ2n) is 6.14. The lowest BCUT2D eigenvalue weighted by Gasteiger charge is -2.17. The van der Waals surface area contributed by atoms with Crippen LogP contribution in [0.1, 0.15) is 22.3 Å². The van der Waals surface area contributed by atoms with E-state index < -0.39 is 0 Å². The van der Waals surface area contributed by atoms with Crippen molar-refractivity contribution in [1.82, 2.24) is 15.2 Å². The Morgan fingerprint density at radius 1 is 1.38 bits per heavy atom. The molecule has 1 aromatic carbocycles. The van der Waals surface area contributed by atoms with Crippen molar-refractivity contribution in [3.8, 4) is 5.75 Å². The van der Waals surface area contributed by atoms with Gasteiger partial charge in [0.15, 0.2) is 0 Å². The molecule has 1 aromatic heterocycles. The Morgan fingerprint density at radius 2 is 2.29 bits per heavy atom. The summed E-state index contributed by atoms with van der Waals surface area (Å²) >= 11 is 0. The molecule has 0 spiro atoms. The van der Waals surface area contributed by atoms with Gasteiger partial charge in [0, 0.05) is 36.6 Å². The second-order valence-corrected chi connectivity index (χ2v) is 6.14. The highest BCUT2D eigenvalue weighted by Crippen LogP contribution is 2.21. The van der Waals surface area contributed by atoms with E-state index in [0.29, 0.717) is 23.8 Å². The molecule has 1 amide bonds. The molecular weight excluding hydrogens is 302 g/mol. The largest absolute Gasteiger partial charge is 0.489 e. The Labute approximate surface area is 142 Å². The van der Waals surface area contributed by atoms with Gasteiger partial charge in [-0.1, -0.05) is 12.1 Å². The molecular formula is C19H23N3O2. The summed E-state index contributed by atoms with van der Waals surface area (Å²) in [6.45, 7) is 3.05. The highest BCUT2D eigenvalue weighted by Gasteiger charge is 2.26. The van der Waals surface area contributed by atoms with Gasteiger partial charge in [0.05, 0.1) is 0 Å². The van der Waals surface area contributed by atoms with Gasteiger partial charge in [-0.15, -0.1) is 0 Å². The molecule has 2 heterocycles. The first-order valence-corrected chi connectivity index (χ1v) is 8.32. The van der Waals surface area contributed by atoms with Crippen LogP contribution in [0.5, 0.6) is 5.75 Å². The first kappa shape index (κ1) is 16.5. The average Bonchev–Trinajstić information content (AvgIpc) is 3.09. The van der Waals surface area contributed by atoms with E-state index in [-0.39, 0.29) is 5.91 Å². The zero-order valence-electron chi connectivity index (χ0n) is 13.9. The van der Waals surface area contributed by atoms with E-state index in [1.165, 1.54) is 0 Å². The third-order valence-corrected chi connectivity index (χ3v) is 4.28. The highest BCUT2D eigenvalue weighted by molar-refractivity contribution is 5.94. The molecule has 0 bridgehead atoms. The maximum Gasteiger partial charge on any atom is 0.253 e. The number of likely N-dealkylation sites (tertiary alicyclic amines) is 1. The molecule has 1 aliphatic rings. The van der Waals surface area contributed by atoms with E-state index in [1.807, 2.05) is 48.3 Å². The topological polar surface area (TPSA) is 54.5 Å². The maximum absolute atomic E-state index is 12.7. The third-order valence-electron chi connectivity index (χ3n) is 4.28. The van der Waals surface area contributed by atoms with Crippen LogP contribution >= 0.6 is 0 Å². The van der Waals surface area contributed by atoms with Gasteiger partial charge in [0.1, 0.15) is 12.4 Å². The van der Waals surface area contributed by atoms with Crippen LogP contribution in [0.25, 0.3) is 0 Å². The van der Waals surface area contributed by atoms with Crippen LogP contribution in [0, 0.1) is 5.92 Å². The molecule has 0 aliphatic carbocycles. The molecule has 0 saturated carbocycles. The van der Waals surface area contributed by atoms with Crippen LogP contribution in [0.3, 0.4) is 0 Å². The summed E-state index contributed by atoms with van der Waals surface area (Å²) in [5.74, 6) is 1.33. The van der Waals surface area contributed by atoms with E-state index in [2.05, 4.69) is 10.3 Å². The molecule has 0 radical (unpaired) electrons. The predicted molar refractivity (Wildman–Crippen MR) is 92.9 cm³/mol. The number of carbonyl (C=O) groups is 1. The summed E-state index contributed by atoms with van der Waals surface area (Å²) in [7, 11) is 1.95. The van der Waals surface area contributed by atoms with Crippen molar-refractivity contribution in [3.05, 3.63) is 59.9 Å². The first-order valence-electron chi connectivity index (χ1n) is 8.32. The van der Waals surface area contributed by atoms with Crippen LogP contribution in [0.15, 0.2) is 48.8 Å². The minimum absolute atomic E-state index is 0.0837. The number of aromatic nitrogens is 1. The van der Waals surface area contributed by atoms with Crippen molar-refractivity contribution in [2.75, 3.05) is 26.7 Å². The van der Waals surface area contributed by atoms with Gasteiger partial charge in [0.2, 0.25) is 0 Å². The van der Waals surface area contributed by atoms with Crippen LogP contribution in [0.4, 0.5) is 0 Å². The van der Waals surface area contributed by atoms with Crippen LogP contribution in [0.2, 0.25) is 0 Å². The lowest BCUT2D eigenvalue weighted by atomic mass is 10.1. The number of ether oxygens (including phenoxy) is 1. The fourth-order valence-electron chi connectivity index (χ4n) is 3.02. The summed E-state index contributed by atoms with van der Waals surface area (Å²) in [6, 6.07) is 11.3. The Kier molecular flexibility index (Phi) is 5.43. The molecule has 1 unspecified atom stereocenters. The van der Waals surface area contributed by atoms with Crippen LogP contribution < -0.4 is 10.1 Å². The summed E-state index contributed by atoms with van der Waals surface area (Å²) < 4.78 is 5.78. The lowest BCUT2D eigenvalue weighted by Crippen LogP contribution is -2.30. The van der Waals surface area contributed by atoms with Crippen molar-refractivity contribution >= 4 is 5.91 Å². The fourth-order valence-corrected chi connectivity index (χ4v) is 3.02. The normalized spacial score (nSPS) is 17.0. The smallest absolute Gasteiger partial charge is 0.253 e.